The summed E-state index contributed by atoms with van der Waals surface area (Å²) in [5, 5.41) is 15.7. The second kappa shape index (κ2) is 6.57. The lowest BCUT2D eigenvalue weighted by Gasteiger charge is -2.22. The van der Waals surface area contributed by atoms with Crippen LogP contribution in [0.25, 0.3) is 0 Å². The maximum atomic E-state index is 11.9. The molecule has 0 spiro atoms. The number of amides is 2. The van der Waals surface area contributed by atoms with Crippen LogP contribution >= 0.6 is 0 Å². The predicted octanol–water partition coefficient (Wildman–Crippen LogP) is 3.29. The highest BCUT2D eigenvalue weighted by atomic mass is 16.5. The molecule has 1 saturated carbocycles. The molecule has 2 amide bonds. The Morgan fingerprint density at radius 3 is 2.36 bits per heavy atom. The number of carbonyl (C=O) groups is 1. The number of rotatable bonds is 4. The Balaban J connectivity index is 1.81. The minimum Gasteiger partial charge on any atom is -0.488 e. The van der Waals surface area contributed by atoms with Gasteiger partial charge in [-0.3, -0.25) is 0 Å². The summed E-state index contributed by atoms with van der Waals surface area (Å²) in [6, 6.07) is 6.94. The van der Waals surface area contributed by atoms with Gasteiger partial charge in [-0.05, 0) is 57.9 Å². The average Bonchev–Trinajstić information content (AvgIpc) is 2.85. The van der Waals surface area contributed by atoms with Crippen molar-refractivity contribution >= 4 is 11.7 Å². The fraction of sp³-hybridized carbons (Fsp3) is 0.588. The molecule has 1 aliphatic rings. The normalized spacial score (nSPS) is 17.1. The zero-order valence-electron chi connectivity index (χ0n) is 13.6. The Kier molecular flexibility index (Phi) is 4.96. The van der Waals surface area contributed by atoms with Gasteiger partial charge in [-0.1, -0.05) is 12.8 Å². The number of urea groups is 1. The molecule has 5 nitrogen and oxygen atoms in total. The smallest absolute Gasteiger partial charge is 0.319 e. The minimum atomic E-state index is -0.734. The second-order valence-electron chi connectivity index (χ2n) is 6.98. The van der Waals surface area contributed by atoms with Crippen LogP contribution in [0.15, 0.2) is 24.3 Å². The standard InChI is InChI=1S/C17H26N2O3/c1-16(2,3)22-14-8-6-13(7-9-14)19-15(20)18-12-17(21)10-4-5-11-17/h6-9,21H,4-5,10-12H2,1-3H3,(H2,18,19,20). The van der Waals surface area contributed by atoms with E-state index in [-0.39, 0.29) is 11.6 Å². The molecule has 1 aromatic carbocycles. The lowest BCUT2D eigenvalue weighted by atomic mass is 10.0. The Labute approximate surface area is 132 Å². The first kappa shape index (κ1) is 16.6. The van der Waals surface area contributed by atoms with E-state index in [0.717, 1.165) is 31.4 Å². The summed E-state index contributed by atoms with van der Waals surface area (Å²) in [6.45, 7) is 6.26. The van der Waals surface area contributed by atoms with Crippen molar-refractivity contribution in [3.8, 4) is 5.75 Å². The van der Waals surface area contributed by atoms with Gasteiger partial charge in [0, 0.05) is 12.2 Å². The lowest BCUT2D eigenvalue weighted by molar-refractivity contribution is 0.0506. The molecule has 0 atom stereocenters. The molecule has 0 heterocycles. The van der Waals surface area contributed by atoms with Gasteiger partial charge in [0.1, 0.15) is 11.4 Å². The van der Waals surface area contributed by atoms with Gasteiger partial charge in [0.25, 0.3) is 0 Å². The van der Waals surface area contributed by atoms with Crippen LogP contribution in [0.1, 0.15) is 46.5 Å². The molecule has 3 N–H and O–H groups in total. The van der Waals surface area contributed by atoms with Crippen LogP contribution in [0.3, 0.4) is 0 Å². The van der Waals surface area contributed by atoms with Crippen LogP contribution in [0.2, 0.25) is 0 Å². The number of hydrogen-bond donors (Lipinski definition) is 3. The van der Waals surface area contributed by atoms with Crippen LogP contribution in [0.5, 0.6) is 5.75 Å². The van der Waals surface area contributed by atoms with Crippen molar-refractivity contribution in [2.24, 2.45) is 0 Å². The number of hydrogen-bond acceptors (Lipinski definition) is 3. The minimum absolute atomic E-state index is 0.247. The van der Waals surface area contributed by atoms with Gasteiger partial charge in [-0.2, -0.15) is 0 Å². The molecular formula is C17H26N2O3. The zero-order chi connectivity index (χ0) is 16.2. The van der Waals surface area contributed by atoms with Crippen LogP contribution in [-0.4, -0.2) is 28.9 Å². The first-order chi connectivity index (χ1) is 10.3. The molecule has 1 fully saturated rings. The van der Waals surface area contributed by atoms with E-state index in [1.54, 1.807) is 12.1 Å². The lowest BCUT2D eigenvalue weighted by Crippen LogP contribution is -2.42. The number of aliphatic hydroxyl groups is 1. The van der Waals surface area contributed by atoms with Gasteiger partial charge in [0.15, 0.2) is 0 Å². The zero-order valence-corrected chi connectivity index (χ0v) is 13.6. The molecule has 0 aromatic heterocycles. The number of ether oxygens (including phenoxy) is 1. The molecule has 0 aliphatic heterocycles. The first-order valence-corrected chi connectivity index (χ1v) is 7.82. The molecule has 5 heteroatoms. The number of nitrogens with one attached hydrogen (secondary N) is 2. The van der Waals surface area contributed by atoms with Crippen molar-refractivity contribution < 1.29 is 14.6 Å². The Morgan fingerprint density at radius 2 is 1.82 bits per heavy atom. The Morgan fingerprint density at radius 1 is 1.23 bits per heavy atom. The highest BCUT2D eigenvalue weighted by molar-refractivity contribution is 5.89. The summed E-state index contributed by atoms with van der Waals surface area (Å²) in [6.07, 6.45) is 3.56. The van der Waals surface area contributed by atoms with Gasteiger partial charge in [-0.25, -0.2) is 4.79 Å². The topological polar surface area (TPSA) is 70.6 Å². The van der Waals surface area contributed by atoms with E-state index in [2.05, 4.69) is 10.6 Å². The van der Waals surface area contributed by atoms with E-state index < -0.39 is 5.60 Å². The molecular weight excluding hydrogens is 280 g/mol. The first-order valence-electron chi connectivity index (χ1n) is 7.82. The van der Waals surface area contributed by atoms with Gasteiger partial charge < -0.3 is 20.5 Å². The molecule has 1 aromatic rings. The summed E-state index contributed by atoms with van der Waals surface area (Å²) < 4.78 is 5.73. The molecule has 1 aliphatic carbocycles. The molecule has 0 bridgehead atoms. The SMILES string of the molecule is CC(C)(C)Oc1ccc(NC(=O)NCC2(O)CCCC2)cc1. The van der Waals surface area contributed by atoms with Gasteiger partial charge in [-0.15, -0.1) is 0 Å². The third-order valence-electron chi connectivity index (χ3n) is 3.65. The molecule has 0 radical (unpaired) electrons. The van der Waals surface area contributed by atoms with Crippen molar-refractivity contribution in [2.45, 2.75) is 57.7 Å². The molecule has 0 unspecified atom stereocenters. The van der Waals surface area contributed by atoms with E-state index in [1.807, 2.05) is 32.9 Å². The van der Waals surface area contributed by atoms with Crippen molar-refractivity contribution in [1.29, 1.82) is 0 Å². The quantitative estimate of drug-likeness (QED) is 0.799. The largest absolute Gasteiger partial charge is 0.488 e. The van der Waals surface area contributed by atoms with Crippen molar-refractivity contribution in [2.75, 3.05) is 11.9 Å². The van der Waals surface area contributed by atoms with Gasteiger partial charge in [0.05, 0.1) is 5.60 Å². The number of carbonyl (C=O) groups excluding carboxylic acids is 1. The van der Waals surface area contributed by atoms with Crippen molar-refractivity contribution in [1.82, 2.24) is 5.32 Å². The van der Waals surface area contributed by atoms with Crippen LogP contribution in [0.4, 0.5) is 10.5 Å². The average molecular weight is 306 g/mol. The molecule has 22 heavy (non-hydrogen) atoms. The van der Waals surface area contributed by atoms with E-state index in [0.29, 0.717) is 12.2 Å². The van der Waals surface area contributed by atoms with Crippen LogP contribution in [0, 0.1) is 0 Å². The summed E-state index contributed by atoms with van der Waals surface area (Å²) >= 11 is 0. The summed E-state index contributed by atoms with van der Waals surface area (Å²) in [4.78, 5) is 11.9. The monoisotopic (exact) mass is 306 g/mol. The maximum Gasteiger partial charge on any atom is 0.319 e. The van der Waals surface area contributed by atoms with E-state index in [1.165, 1.54) is 0 Å². The molecule has 2 rings (SSSR count). The fourth-order valence-corrected chi connectivity index (χ4v) is 2.59. The summed E-state index contributed by atoms with van der Waals surface area (Å²) in [5.41, 5.74) is -0.290. The van der Waals surface area contributed by atoms with E-state index >= 15 is 0 Å². The maximum absolute atomic E-state index is 11.9. The number of anilines is 1. The second-order valence-corrected chi connectivity index (χ2v) is 6.98. The third-order valence-corrected chi connectivity index (χ3v) is 3.65. The van der Waals surface area contributed by atoms with Crippen LogP contribution < -0.4 is 15.4 Å². The van der Waals surface area contributed by atoms with Crippen molar-refractivity contribution in [3.63, 3.8) is 0 Å². The van der Waals surface area contributed by atoms with Gasteiger partial charge in [0.2, 0.25) is 0 Å². The highest BCUT2D eigenvalue weighted by Gasteiger charge is 2.31. The number of benzene rings is 1. The van der Waals surface area contributed by atoms with Gasteiger partial charge >= 0.3 is 6.03 Å². The summed E-state index contributed by atoms with van der Waals surface area (Å²) in [7, 11) is 0. The Hall–Kier alpha value is -1.75. The van der Waals surface area contributed by atoms with Crippen LogP contribution in [-0.2, 0) is 0 Å². The predicted molar refractivity (Wildman–Crippen MR) is 87.3 cm³/mol. The van der Waals surface area contributed by atoms with Crippen molar-refractivity contribution in [3.05, 3.63) is 24.3 Å². The molecule has 122 valence electrons. The molecule has 0 saturated heterocycles. The highest BCUT2D eigenvalue weighted by Crippen LogP contribution is 2.28. The van der Waals surface area contributed by atoms with E-state index in [4.69, 9.17) is 4.74 Å². The summed E-state index contributed by atoms with van der Waals surface area (Å²) in [5.74, 6) is 0.763. The fourth-order valence-electron chi connectivity index (χ4n) is 2.59. The third kappa shape index (κ3) is 5.22. The van der Waals surface area contributed by atoms with E-state index in [9.17, 15) is 9.90 Å². The Bertz CT molecular complexity index is 500.